The minimum Gasteiger partial charge on any atom is -0.477 e. The summed E-state index contributed by atoms with van der Waals surface area (Å²) in [5.41, 5.74) is 0.801. The predicted molar refractivity (Wildman–Crippen MR) is 71.4 cm³/mol. The lowest BCUT2D eigenvalue weighted by molar-refractivity contribution is 0.0695. The highest BCUT2D eigenvalue weighted by Gasteiger charge is 2.29. The maximum absolute atomic E-state index is 13.0. The number of benzene rings is 1. The summed E-state index contributed by atoms with van der Waals surface area (Å²) >= 11 is 0. The van der Waals surface area contributed by atoms with Crippen molar-refractivity contribution in [1.29, 1.82) is 0 Å². The maximum atomic E-state index is 13.0. The fourth-order valence-corrected chi connectivity index (χ4v) is 2.30. The van der Waals surface area contributed by atoms with Gasteiger partial charge in [-0.25, -0.2) is 9.18 Å². The average molecular weight is 273 g/mol. The Morgan fingerprint density at radius 3 is 2.45 bits per heavy atom. The topological polar surface area (TPSA) is 70.2 Å². The van der Waals surface area contributed by atoms with Crippen LogP contribution in [0.25, 0.3) is 11.1 Å². The molecule has 0 radical (unpaired) electrons. The van der Waals surface area contributed by atoms with E-state index in [1.165, 1.54) is 30.5 Å². The van der Waals surface area contributed by atoms with Gasteiger partial charge in [0.05, 0.1) is 0 Å². The summed E-state index contributed by atoms with van der Waals surface area (Å²) in [6.45, 7) is 0. The normalized spacial score (nSPS) is 14.2. The first-order valence-electron chi connectivity index (χ1n) is 6.32. The molecular weight excluding hydrogens is 261 g/mol. The third kappa shape index (κ3) is 2.11. The van der Waals surface area contributed by atoms with Gasteiger partial charge in [0.2, 0.25) is 5.43 Å². The Kier molecular flexibility index (Phi) is 2.89. The second kappa shape index (κ2) is 4.59. The molecule has 4 nitrogen and oxygen atoms in total. The van der Waals surface area contributed by atoms with Gasteiger partial charge in [0.1, 0.15) is 11.4 Å². The zero-order valence-electron chi connectivity index (χ0n) is 10.5. The first kappa shape index (κ1) is 12.6. The van der Waals surface area contributed by atoms with E-state index in [1.807, 2.05) is 0 Å². The van der Waals surface area contributed by atoms with Gasteiger partial charge in [0, 0.05) is 17.5 Å². The molecule has 1 aromatic carbocycles. The smallest absolute Gasteiger partial charge is 0.341 e. The van der Waals surface area contributed by atoms with Crippen LogP contribution in [-0.2, 0) is 0 Å². The second-order valence-corrected chi connectivity index (χ2v) is 4.91. The van der Waals surface area contributed by atoms with E-state index in [0.717, 1.165) is 18.5 Å². The molecule has 0 amide bonds. The minimum absolute atomic E-state index is 0.255. The summed E-state index contributed by atoms with van der Waals surface area (Å²) in [5, 5.41) is 9.05. The Bertz CT molecular complexity index is 730. The summed E-state index contributed by atoms with van der Waals surface area (Å²) in [6.07, 6.45) is 3.18. The molecule has 2 N–H and O–H groups in total. The van der Waals surface area contributed by atoms with Crippen LogP contribution < -0.4 is 5.43 Å². The van der Waals surface area contributed by atoms with Crippen molar-refractivity contribution in [1.82, 2.24) is 4.98 Å². The molecule has 0 unspecified atom stereocenters. The highest BCUT2D eigenvalue weighted by atomic mass is 19.1. The number of aromatic amines is 1. The SMILES string of the molecule is O=C(O)c1c[nH]c(C2CC2)c(-c2ccc(F)cc2)c1=O. The number of carboxylic acids is 1. The van der Waals surface area contributed by atoms with Crippen LogP contribution >= 0.6 is 0 Å². The Morgan fingerprint density at radius 1 is 1.25 bits per heavy atom. The Hall–Kier alpha value is -2.43. The van der Waals surface area contributed by atoms with Crippen LogP contribution in [0, 0.1) is 5.82 Å². The Morgan fingerprint density at radius 2 is 1.90 bits per heavy atom. The number of nitrogens with one attached hydrogen (secondary N) is 1. The third-order valence-corrected chi connectivity index (χ3v) is 3.46. The first-order chi connectivity index (χ1) is 9.58. The Balaban J connectivity index is 2.25. The van der Waals surface area contributed by atoms with E-state index in [4.69, 9.17) is 5.11 Å². The lowest BCUT2D eigenvalue weighted by Gasteiger charge is -2.09. The number of hydrogen-bond acceptors (Lipinski definition) is 2. The summed E-state index contributed by atoms with van der Waals surface area (Å²) in [6, 6.07) is 5.52. The van der Waals surface area contributed by atoms with E-state index in [0.29, 0.717) is 11.1 Å². The number of carboxylic acid groups (broad SMARTS) is 1. The van der Waals surface area contributed by atoms with Gasteiger partial charge in [-0.1, -0.05) is 12.1 Å². The van der Waals surface area contributed by atoms with E-state index < -0.39 is 17.2 Å². The van der Waals surface area contributed by atoms with Crippen molar-refractivity contribution in [3.63, 3.8) is 0 Å². The molecule has 1 aliphatic rings. The summed E-state index contributed by atoms with van der Waals surface area (Å²) < 4.78 is 13.0. The lowest BCUT2D eigenvalue weighted by Crippen LogP contribution is -2.19. The number of hydrogen-bond donors (Lipinski definition) is 2. The molecule has 0 spiro atoms. The molecule has 1 heterocycles. The zero-order valence-corrected chi connectivity index (χ0v) is 10.5. The second-order valence-electron chi connectivity index (χ2n) is 4.91. The highest BCUT2D eigenvalue weighted by Crippen LogP contribution is 2.42. The van der Waals surface area contributed by atoms with Gasteiger partial charge in [0.25, 0.3) is 0 Å². The van der Waals surface area contributed by atoms with Gasteiger partial charge in [0.15, 0.2) is 0 Å². The summed E-state index contributed by atoms with van der Waals surface area (Å²) in [5.74, 6) is -1.41. The summed E-state index contributed by atoms with van der Waals surface area (Å²) in [4.78, 5) is 26.4. The maximum Gasteiger partial charge on any atom is 0.341 e. The lowest BCUT2D eigenvalue weighted by atomic mass is 9.99. The average Bonchev–Trinajstić information content (AvgIpc) is 3.23. The number of carbonyl (C=O) groups is 1. The van der Waals surface area contributed by atoms with E-state index in [-0.39, 0.29) is 11.5 Å². The van der Waals surface area contributed by atoms with E-state index in [9.17, 15) is 14.0 Å². The van der Waals surface area contributed by atoms with Gasteiger partial charge in [-0.15, -0.1) is 0 Å². The van der Waals surface area contributed by atoms with Crippen molar-refractivity contribution in [2.45, 2.75) is 18.8 Å². The summed E-state index contributed by atoms with van der Waals surface area (Å²) in [7, 11) is 0. The molecule has 1 aliphatic carbocycles. The minimum atomic E-state index is -1.27. The third-order valence-electron chi connectivity index (χ3n) is 3.46. The molecule has 3 rings (SSSR count). The number of rotatable bonds is 3. The van der Waals surface area contributed by atoms with Crippen LogP contribution in [-0.4, -0.2) is 16.1 Å². The first-order valence-corrected chi connectivity index (χ1v) is 6.32. The molecule has 2 aromatic rings. The molecule has 0 bridgehead atoms. The number of halogens is 1. The van der Waals surface area contributed by atoms with E-state index in [1.54, 1.807) is 0 Å². The van der Waals surface area contributed by atoms with Gasteiger partial charge < -0.3 is 10.1 Å². The fourth-order valence-electron chi connectivity index (χ4n) is 2.30. The molecule has 20 heavy (non-hydrogen) atoms. The van der Waals surface area contributed by atoms with Crippen molar-refractivity contribution >= 4 is 5.97 Å². The van der Waals surface area contributed by atoms with Crippen LogP contribution in [0.1, 0.15) is 34.8 Å². The van der Waals surface area contributed by atoms with Crippen molar-refractivity contribution in [3.05, 3.63) is 57.8 Å². The fraction of sp³-hybridized carbons (Fsp3) is 0.200. The molecular formula is C15H12FNO3. The standard InChI is InChI=1S/C15H12FNO3/c16-10-5-3-8(4-6-10)12-13(9-1-2-9)17-7-11(14(12)18)15(19)20/h3-7,9H,1-2H2,(H,17,18)(H,19,20). The van der Waals surface area contributed by atoms with Crippen LogP contribution in [0.4, 0.5) is 4.39 Å². The van der Waals surface area contributed by atoms with Crippen LogP contribution in [0.3, 0.4) is 0 Å². The van der Waals surface area contributed by atoms with Crippen molar-refractivity contribution in [2.75, 3.05) is 0 Å². The van der Waals surface area contributed by atoms with Gasteiger partial charge >= 0.3 is 5.97 Å². The molecule has 1 aromatic heterocycles. The quantitative estimate of drug-likeness (QED) is 0.903. The van der Waals surface area contributed by atoms with Crippen molar-refractivity contribution in [2.24, 2.45) is 0 Å². The Labute approximate surface area is 113 Å². The number of aromatic nitrogens is 1. The molecule has 0 atom stereocenters. The molecule has 1 fully saturated rings. The molecule has 102 valence electrons. The molecule has 5 heteroatoms. The van der Waals surface area contributed by atoms with E-state index in [2.05, 4.69) is 4.98 Å². The monoisotopic (exact) mass is 273 g/mol. The van der Waals surface area contributed by atoms with Gasteiger partial charge in [-0.05, 0) is 36.5 Å². The number of H-pyrrole nitrogens is 1. The number of aromatic carboxylic acids is 1. The van der Waals surface area contributed by atoms with Crippen LogP contribution in [0.2, 0.25) is 0 Å². The van der Waals surface area contributed by atoms with Crippen molar-refractivity contribution in [3.8, 4) is 11.1 Å². The van der Waals surface area contributed by atoms with E-state index >= 15 is 0 Å². The largest absolute Gasteiger partial charge is 0.477 e. The van der Waals surface area contributed by atoms with Gasteiger partial charge in [-0.3, -0.25) is 4.79 Å². The molecule has 1 saturated carbocycles. The molecule has 0 saturated heterocycles. The van der Waals surface area contributed by atoms with Crippen molar-refractivity contribution < 1.29 is 14.3 Å². The highest BCUT2D eigenvalue weighted by molar-refractivity contribution is 5.89. The van der Waals surface area contributed by atoms with Gasteiger partial charge in [-0.2, -0.15) is 0 Å². The zero-order chi connectivity index (χ0) is 14.3. The number of pyridine rings is 1. The van der Waals surface area contributed by atoms with Crippen LogP contribution in [0.15, 0.2) is 35.3 Å². The molecule has 0 aliphatic heterocycles. The predicted octanol–water partition coefficient (Wildman–Crippen LogP) is 2.76. The van der Waals surface area contributed by atoms with Crippen LogP contribution in [0.5, 0.6) is 0 Å².